The topological polar surface area (TPSA) is 61.9 Å². The first-order valence-corrected chi connectivity index (χ1v) is 8.51. The Morgan fingerprint density at radius 3 is 3.00 bits per heavy atom. The summed E-state index contributed by atoms with van der Waals surface area (Å²) in [4.78, 5) is 26.7. The SMILES string of the molecule is CC(C)C1C=CCN1C(=O)c1cccc(-c2ncnc3[nH]ccc23)c1. The second-order valence-corrected chi connectivity index (χ2v) is 6.66. The molecule has 0 spiro atoms. The summed E-state index contributed by atoms with van der Waals surface area (Å²) < 4.78 is 0. The van der Waals surface area contributed by atoms with Gasteiger partial charge in [0.25, 0.3) is 5.91 Å². The fourth-order valence-corrected chi connectivity index (χ4v) is 3.41. The van der Waals surface area contributed by atoms with Gasteiger partial charge in [-0.05, 0) is 24.1 Å². The highest BCUT2D eigenvalue weighted by Crippen LogP contribution is 2.27. The minimum absolute atomic E-state index is 0.0601. The van der Waals surface area contributed by atoms with Crippen LogP contribution in [0.5, 0.6) is 0 Å². The summed E-state index contributed by atoms with van der Waals surface area (Å²) in [5.74, 6) is 0.456. The van der Waals surface area contributed by atoms with E-state index in [4.69, 9.17) is 0 Å². The van der Waals surface area contributed by atoms with Gasteiger partial charge < -0.3 is 9.88 Å². The van der Waals surface area contributed by atoms with Gasteiger partial charge in [-0.3, -0.25) is 4.79 Å². The Bertz CT molecular complexity index is 957. The van der Waals surface area contributed by atoms with Crippen molar-refractivity contribution in [2.75, 3.05) is 6.54 Å². The maximum Gasteiger partial charge on any atom is 0.254 e. The van der Waals surface area contributed by atoms with Gasteiger partial charge in [-0.2, -0.15) is 0 Å². The molecule has 3 heterocycles. The number of nitrogens with one attached hydrogen (secondary N) is 1. The normalized spacial score (nSPS) is 16.9. The Hall–Kier alpha value is -2.95. The molecule has 1 aromatic carbocycles. The zero-order valence-electron chi connectivity index (χ0n) is 14.3. The van der Waals surface area contributed by atoms with Crippen LogP contribution < -0.4 is 0 Å². The van der Waals surface area contributed by atoms with E-state index in [0.29, 0.717) is 18.0 Å². The molecule has 0 saturated heterocycles. The van der Waals surface area contributed by atoms with Gasteiger partial charge in [0.05, 0.1) is 11.7 Å². The summed E-state index contributed by atoms with van der Waals surface area (Å²) in [5.41, 5.74) is 3.24. The van der Waals surface area contributed by atoms with Crippen LogP contribution in [0, 0.1) is 5.92 Å². The summed E-state index contributed by atoms with van der Waals surface area (Å²) in [6.45, 7) is 4.95. The summed E-state index contributed by atoms with van der Waals surface area (Å²) in [6, 6.07) is 9.80. The Labute approximate surface area is 146 Å². The molecule has 1 atom stereocenters. The molecule has 0 bridgehead atoms. The number of amides is 1. The van der Waals surface area contributed by atoms with E-state index >= 15 is 0 Å². The summed E-state index contributed by atoms with van der Waals surface area (Å²) in [6.07, 6.45) is 7.59. The standard InChI is InChI=1S/C20H20N4O/c1-13(2)17-7-4-10-24(17)20(25)15-6-3-5-14(11-15)18-16-8-9-21-19(16)23-12-22-18/h3-9,11-13,17H,10H2,1-2H3,(H,21,22,23). The second-order valence-electron chi connectivity index (χ2n) is 6.66. The molecule has 1 amide bonds. The van der Waals surface area contributed by atoms with Crippen molar-refractivity contribution in [2.45, 2.75) is 19.9 Å². The molecular weight excluding hydrogens is 312 g/mol. The van der Waals surface area contributed by atoms with E-state index in [0.717, 1.165) is 22.3 Å². The van der Waals surface area contributed by atoms with E-state index in [1.807, 2.05) is 41.4 Å². The average Bonchev–Trinajstić information content (AvgIpc) is 3.30. The molecule has 0 fully saturated rings. The second kappa shape index (κ2) is 6.16. The fourth-order valence-electron chi connectivity index (χ4n) is 3.41. The van der Waals surface area contributed by atoms with Crippen LogP contribution in [0.3, 0.4) is 0 Å². The molecule has 25 heavy (non-hydrogen) atoms. The lowest BCUT2D eigenvalue weighted by molar-refractivity contribution is 0.0720. The van der Waals surface area contributed by atoms with Crippen LogP contribution in [0.2, 0.25) is 0 Å². The summed E-state index contributed by atoms with van der Waals surface area (Å²) in [7, 11) is 0. The summed E-state index contributed by atoms with van der Waals surface area (Å²) >= 11 is 0. The van der Waals surface area contributed by atoms with Gasteiger partial charge in [0.1, 0.15) is 12.0 Å². The molecule has 4 rings (SSSR count). The summed E-state index contributed by atoms with van der Waals surface area (Å²) in [5, 5.41) is 0.954. The lowest BCUT2D eigenvalue weighted by Crippen LogP contribution is -2.39. The molecule has 1 aliphatic rings. The quantitative estimate of drug-likeness (QED) is 0.745. The van der Waals surface area contributed by atoms with Crippen LogP contribution in [-0.4, -0.2) is 38.3 Å². The van der Waals surface area contributed by atoms with Gasteiger partial charge in [-0.15, -0.1) is 0 Å². The molecule has 1 N–H and O–H groups in total. The van der Waals surface area contributed by atoms with Gasteiger partial charge in [-0.25, -0.2) is 9.97 Å². The fraction of sp³-hybridized carbons (Fsp3) is 0.250. The van der Waals surface area contributed by atoms with Crippen LogP contribution in [-0.2, 0) is 0 Å². The number of hydrogen-bond donors (Lipinski definition) is 1. The smallest absolute Gasteiger partial charge is 0.254 e. The minimum atomic E-state index is 0.0601. The third kappa shape index (κ3) is 2.71. The number of carbonyl (C=O) groups is 1. The molecule has 3 aromatic rings. The molecule has 0 saturated carbocycles. The van der Waals surface area contributed by atoms with Crippen molar-refractivity contribution in [2.24, 2.45) is 5.92 Å². The van der Waals surface area contributed by atoms with E-state index in [-0.39, 0.29) is 11.9 Å². The average molecular weight is 332 g/mol. The van der Waals surface area contributed by atoms with Crippen molar-refractivity contribution in [3.05, 3.63) is 60.6 Å². The van der Waals surface area contributed by atoms with E-state index in [2.05, 4.69) is 41.0 Å². The van der Waals surface area contributed by atoms with Crippen LogP contribution >= 0.6 is 0 Å². The van der Waals surface area contributed by atoms with E-state index in [1.165, 1.54) is 0 Å². The van der Waals surface area contributed by atoms with Crippen LogP contribution in [0.4, 0.5) is 0 Å². The third-order valence-corrected chi connectivity index (χ3v) is 4.68. The zero-order chi connectivity index (χ0) is 17.4. The number of benzene rings is 1. The third-order valence-electron chi connectivity index (χ3n) is 4.68. The van der Waals surface area contributed by atoms with Crippen LogP contribution in [0.25, 0.3) is 22.3 Å². The number of H-pyrrole nitrogens is 1. The van der Waals surface area contributed by atoms with Gasteiger partial charge in [-0.1, -0.05) is 38.1 Å². The molecule has 5 heteroatoms. The van der Waals surface area contributed by atoms with Crippen molar-refractivity contribution < 1.29 is 4.79 Å². The molecule has 1 unspecified atom stereocenters. The number of aromatic amines is 1. The van der Waals surface area contributed by atoms with E-state index in [9.17, 15) is 4.79 Å². The number of aromatic nitrogens is 3. The van der Waals surface area contributed by atoms with Gasteiger partial charge in [0.2, 0.25) is 0 Å². The number of carbonyl (C=O) groups excluding carboxylic acids is 1. The largest absolute Gasteiger partial charge is 0.346 e. The predicted octanol–water partition coefficient (Wildman–Crippen LogP) is 3.66. The van der Waals surface area contributed by atoms with E-state index in [1.54, 1.807) is 6.33 Å². The van der Waals surface area contributed by atoms with Crippen LogP contribution in [0.15, 0.2) is 55.0 Å². The molecule has 0 aliphatic carbocycles. The van der Waals surface area contributed by atoms with Gasteiger partial charge >= 0.3 is 0 Å². The van der Waals surface area contributed by atoms with Crippen molar-refractivity contribution >= 4 is 16.9 Å². The van der Waals surface area contributed by atoms with Crippen molar-refractivity contribution in [1.29, 1.82) is 0 Å². The molecule has 5 nitrogen and oxygen atoms in total. The highest BCUT2D eigenvalue weighted by Gasteiger charge is 2.28. The predicted molar refractivity (Wildman–Crippen MR) is 98.1 cm³/mol. The van der Waals surface area contributed by atoms with Crippen LogP contribution in [0.1, 0.15) is 24.2 Å². The monoisotopic (exact) mass is 332 g/mol. The Kier molecular flexibility index (Phi) is 3.84. The van der Waals surface area contributed by atoms with Gasteiger partial charge in [0.15, 0.2) is 0 Å². The number of rotatable bonds is 3. The lowest BCUT2D eigenvalue weighted by atomic mass is 10.0. The van der Waals surface area contributed by atoms with Crippen molar-refractivity contribution in [3.63, 3.8) is 0 Å². The molecule has 126 valence electrons. The molecular formula is C20H20N4O. The van der Waals surface area contributed by atoms with Crippen molar-refractivity contribution in [3.8, 4) is 11.3 Å². The molecule has 2 aromatic heterocycles. The van der Waals surface area contributed by atoms with E-state index < -0.39 is 0 Å². The first-order chi connectivity index (χ1) is 12.1. The maximum absolute atomic E-state index is 13.0. The first-order valence-electron chi connectivity index (χ1n) is 8.51. The lowest BCUT2D eigenvalue weighted by Gasteiger charge is -2.27. The number of nitrogens with zero attached hydrogens (tertiary/aromatic N) is 3. The Balaban J connectivity index is 1.70. The van der Waals surface area contributed by atoms with Gasteiger partial charge in [0, 0.05) is 29.3 Å². The minimum Gasteiger partial charge on any atom is -0.346 e. The highest BCUT2D eigenvalue weighted by atomic mass is 16.2. The number of hydrogen-bond acceptors (Lipinski definition) is 3. The Morgan fingerprint density at radius 2 is 2.16 bits per heavy atom. The highest BCUT2D eigenvalue weighted by molar-refractivity contribution is 5.97. The molecule has 0 radical (unpaired) electrons. The Morgan fingerprint density at radius 1 is 1.28 bits per heavy atom. The maximum atomic E-state index is 13.0. The van der Waals surface area contributed by atoms with Crippen molar-refractivity contribution in [1.82, 2.24) is 19.9 Å². The zero-order valence-corrected chi connectivity index (χ0v) is 14.3. The molecule has 1 aliphatic heterocycles. The number of fused-ring (bicyclic) bond motifs is 1. The first kappa shape index (κ1) is 15.6.